The van der Waals surface area contributed by atoms with Crippen LogP contribution < -0.4 is 5.73 Å². The number of hydrogen-bond donors (Lipinski definition) is 0. The number of hydrogen-bond acceptors (Lipinski definition) is 1. The molecule has 5 heavy (non-hydrogen) atoms. The molecule has 0 heterocycles. The van der Waals surface area contributed by atoms with Crippen LogP contribution in [-0.4, -0.2) is 11.6 Å². The van der Waals surface area contributed by atoms with Crippen molar-refractivity contribution in [1.82, 2.24) is 5.73 Å². The van der Waals surface area contributed by atoms with Crippen molar-refractivity contribution in [1.29, 1.82) is 0 Å². The molecule has 1 radical (unpaired) electrons. The molecule has 0 spiro atoms. The van der Waals surface area contributed by atoms with Crippen molar-refractivity contribution >= 4 is 11.8 Å². The minimum atomic E-state index is 0.510. The van der Waals surface area contributed by atoms with E-state index >= 15 is 0 Å². The van der Waals surface area contributed by atoms with Gasteiger partial charge in [-0.2, -0.15) is 0 Å². The first-order chi connectivity index (χ1) is 2.41. The van der Waals surface area contributed by atoms with Gasteiger partial charge in [0.25, 0.3) is 0 Å². The molecule has 0 aromatic rings. The Kier molecular flexibility index (Phi) is 4.58. The van der Waals surface area contributed by atoms with Gasteiger partial charge in [0.15, 0.2) is 0 Å². The predicted molar refractivity (Wildman–Crippen MR) is 26.1 cm³/mol. The van der Waals surface area contributed by atoms with Gasteiger partial charge in [-0.15, -0.1) is 11.8 Å². The SMILES string of the molecule is CCSC[NH]. The molecular weight excluding hydrogens is 82.1 g/mol. The molecule has 0 fully saturated rings. The van der Waals surface area contributed by atoms with Gasteiger partial charge in [0.05, 0.1) is 5.88 Å². The Morgan fingerprint density at radius 2 is 2.40 bits per heavy atom. The number of thioether (sulfide) groups is 1. The third kappa shape index (κ3) is 4.31. The van der Waals surface area contributed by atoms with Crippen molar-refractivity contribution < 1.29 is 0 Å². The lowest BCUT2D eigenvalue weighted by Crippen LogP contribution is -1.73. The van der Waals surface area contributed by atoms with Crippen LogP contribution in [0, 0.1) is 0 Å². The van der Waals surface area contributed by atoms with Crippen molar-refractivity contribution in [3.05, 3.63) is 0 Å². The topological polar surface area (TPSA) is 23.8 Å². The molecule has 0 saturated carbocycles. The molecule has 0 saturated heterocycles. The normalized spacial score (nSPS) is 8.40. The van der Waals surface area contributed by atoms with Crippen molar-refractivity contribution in [2.45, 2.75) is 6.92 Å². The van der Waals surface area contributed by atoms with E-state index in [1.165, 1.54) is 0 Å². The van der Waals surface area contributed by atoms with E-state index in [4.69, 9.17) is 5.73 Å². The van der Waals surface area contributed by atoms with Crippen molar-refractivity contribution in [3.63, 3.8) is 0 Å². The number of nitrogens with one attached hydrogen (secondary N) is 1. The van der Waals surface area contributed by atoms with Crippen LogP contribution in [0.1, 0.15) is 6.92 Å². The first-order valence-electron chi connectivity index (χ1n) is 1.64. The van der Waals surface area contributed by atoms with Gasteiger partial charge < -0.3 is 0 Å². The fourth-order valence-corrected chi connectivity index (χ4v) is 0.306. The molecule has 0 bridgehead atoms. The van der Waals surface area contributed by atoms with Crippen LogP contribution in [0.2, 0.25) is 0 Å². The molecule has 31 valence electrons. The van der Waals surface area contributed by atoms with Gasteiger partial charge in [0, 0.05) is 0 Å². The quantitative estimate of drug-likeness (QED) is 0.496. The summed E-state index contributed by atoms with van der Waals surface area (Å²) in [5.41, 5.74) is 6.57. The minimum Gasteiger partial charge on any atom is -0.247 e. The second-order valence-electron chi connectivity index (χ2n) is 0.637. The molecule has 2 heteroatoms. The summed E-state index contributed by atoms with van der Waals surface area (Å²) in [4.78, 5) is 0. The summed E-state index contributed by atoms with van der Waals surface area (Å²) < 4.78 is 0. The summed E-state index contributed by atoms with van der Waals surface area (Å²) in [6.07, 6.45) is 0. The molecular formula is C3H8NS. The average molecular weight is 90.2 g/mol. The van der Waals surface area contributed by atoms with Gasteiger partial charge in [0.1, 0.15) is 0 Å². The minimum absolute atomic E-state index is 0.510. The first-order valence-corrected chi connectivity index (χ1v) is 2.79. The number of rotatable bonds is 2. The molecule has 1 nitrogen and oxygen atoms in total. The Morgan fingerprint density at radius 1 is 1.80 bits per heavy atom. The predicted octanol–water partition coefficient (Wildman–Crippen LogP) is 0.980. The summed E-state index contributed by atoms with van der Waals surface area (Å²) in [5.74, 6) is 1.58. The Hall–Kier alpha value is 0.310. The Bertz CT molecular complexity index is 14.4. The van der Waals surface area contributed by atoms with Crippen molar-refractivity contribution in [2.24, 2.45) is 0 Å². The fourth-order valence-electron chi connectivity index (χ4n) is 0.102. The van der Waals surface area contributed by atoms with E-state index < -0.39 is 0 Å². The van der Waals surface area contributed by atoms with E-state index in [9.17, 15) is 0 Å². The second kappa shape index (κ2) is 4.31. The van der Waals surface area contributed by atoms with Crippen LogP contribution in [0.15, 0.2) is 0 Å². The lowest BCUT2D eigenvalue weighted by Gasteiger charge is -1.80. The molecule has 1 N–H and O–H groups in total. The molecule has 0 aliphatic rings. The first kappa shape index (κ1) is 5.31. The van der Waals surface area contributed by atoms with Crippen LogP contribution in [0.4, 0.5) is 0 Å². The fraction of sp³-hybridized carbons (Fsp3) is 1.00. The Labute approximate surface area is 36.9 Å². The van der Waals surface area contributed by atoms with Crippen LogP contribution in [-0.2, 0) is 0 Å². The lowest BCUT2D eigenvalue weighted by atomic mass is 11.0. The van der Waals surface area contributed by atoms with E-state index in [1.54, 1.807) is 11.8 Å². The van der Waals surface area contributed by atoms with Crippen LogP contribution >= 0.6 is 11.8 Å². The van der Waals surface area contributed by atoms with Crippen LogP contribution in [0.25, 0.3) is 0 Å². The Morgan fingerprint density at radius 3 is 2.40 bits per heavy atom. The second-order valence-corrected chi connectivity index (χ2v) is 1.91. The molecule has 0 aliphatic carbocycles. The maximum absolute atomic E-state index is 6.57. The van der Waals surface area contributed by atoms with E-state index in [2.05, 4.69) is 6.92 Å². The maximum Gasteiger partial charge on any atom is 0.0557 e. The van der Waals surface area contributed by atoms with Gasteiger partial charge in [-0.3, -0.25) is 0 Å². The van der Waals surface area contributed by atoms with Gasteiger partial charge in [-0.1, -0.05) is 6.92 Å². The van der Waals surface area contributed by atoms with Gasteiger partial charge >= 0.3 is 0 Å². The molecule has 0 aromatic heterocycles. The van der Waals surface area contributed by atoms with E-state index in [0.717, 1.165) is 5.75 Å². The molecule has 0 unspecified atom stereocenters. The molecule has 0 aromatic carbocycles. The van der Waals surface area contributed by atoms with Crippen LogP contribution in [0.5, 0.6) is 0 Å². The van der Waals surface area contributed by atoms with Crippen molar-refractivity contribution in [2.75, 3.05) is 11.6 Å². The highest BCUT2D eigenvalue weighted by Gasteiger charge is 1.67. The summed E-state index contributed by atoms with van der Waals surface area (Å²) in [6.45, 7) is 2.05. The molecule has 0 atom stereocenters. The van der Waals surface area contributed by atoms with Gasteiger partial charge in [0.2, 0.25) is 0 Å². The zero-order valence-electron chi connectivity index (χ0n) is 3.32. The van der Waals surface area contributed by atoms with E-state index in [0.29, 0.717) is 5.88 Å². The third-order valence-electron chi connectivity index (χ3n) is 0.306. The summed E-state index contributed by atoms with van der Waals surface area (Å²) in [5, 5.41) is 0. The highest BCUT2D eigenvalue weighted by atomic mass is 32.2. The molecule has 0 amide bonds. The Balaban J connectivity index is 2.19. The maximum atomic E-state index is 6.57. The summed E-state index contributed by atoms with van der Waals surface area (Å²) >= 11 is 1.63. The molecule has 0 rings (SSSR count). The third-order valence-corrected chi connectivity index (χ3v) is 0.919. The summed E-state index contributed by atoms with van der Waals surface area (Å²) in [6, 6.07) is 0. The van der Waals surface area contributed by atoms with Crippen molar-refractivity contribution in [3.8, 4) is 0 Å². The highest BCUT2D eigenvalue weighted by Crippen LogP contribution is 1.90. The molecule has 0 aliphatic heterocycles. The zero-order valence-corrected chi connectivity index (χ0v) is 4.14. The summed E-state index contributed by atoms with van der Waals surface area (Å²) in [7, 11) is 0. The largest absolute Gasteiger partial charge is 0.247 e. The van der Waals surface area contributed by atoms with Gasteiger partial charge in [-0.25, -0.2) is 5.73 Å². The monoisotopic (exact) mass is 90.0 g/mol. The average Bonchev–Trinajstić information content (AvgIpc) is 1.41. The van der Waals surface area contributed by atoms with E-state index in [1.807, 2.05) is 0 Å². The van der Waals surface area contributed by atoms with Gasteiger partial charge in [-0.05, 0) is 5.75 Å². The van der Waals surface area contributed by atoms with Crippen LogP contribution in [0.3, 0.4) is 0 Å². The standard InChI is InChI=1S/C3H8NS/c1-2-5-3-4/h4H,2-3H2,1H3. The van der Waals surface area contributed by atoms with E-state index in [-0.39, 0.29) is 0 Å². The lowest BCUT2D eigenvalue weighted by molar-refractivity contribution is 1.32. The zero-order chi connectivity index (χ0) is 4.12. The smallest absolute Gasteiger partial charge is 0.0557 e. The highest BCUT2D eigenvalue weighted by molar-refractivity contribution is 7.99.